The molecule has 0 bridgehead atoms. The fourth-order valence-corrected chi connectivity index (χ4v) is 1.18. The van der Waals surface area contributed by atoms with Crippen molar-refractivity contribution in [2.45, 2.75) is 13.0 Å². The molecule has 0 aliphatic rings. The molecule has 0 amide bonds. The number of carbonyl (C=O) groups is 1. The summed E-state index contributed by atoms with van der Waals surface area (Å²) in [5, 5.41) is 9.56. The Morgan fingerprint density at radius 2 is 2.36 bits per heavy atom. The van der Waals surface area contributed by atoms with Gasteiger partial charge >= 0.3 is 5.97 Å². The minimum absolute atomic E-state index is 0.142. The maximum Gasteiger partial charge on any atom is 0.339 e. The van der Waals surface area contributed by atoms with Gasteiger partial charge in [0.25, 0.3) is 0 Å². The Labute approximate surface area is 81.5 Å². The number of aromatic nitrogens is 1. The number of aryl methyl sites for hydroxylation is 1. The molecule has 0 spiro atoms. The van der Waals surface area contributed by atoms with Gasteiger partial charge < -0.3 is 15.6 Å². The molecule has 0 radical (unpaired) electrons. The van der Waals surface area contributed by atoms with Crippen molar-refractivity contribution in [3.8, 4) is 0 Å². The monoisotopic (exact) mass is 196 g/mol. The predicted octanol–water partition coefficient (Wildman–Crippen LogP) is 0.179. The van der Waals surface area contributed by atoms with Gasteiger partial charge in [-0.3, -0.25) is 0 Å². The van der Waals surface area contributed by atoms with Gasteiger partial charge in [-0.15, -0.1) is 0 Å². The first kappa shape index (κ1) is 10.5. The molecule has 5 nitrogen and oxygen atoms in total. The molecule has 0 aliphatic heterocycles. The molecule has 0 aliphatic carbocycles. The molecular weight excluding hydrogens is 184 g/mol. The zero-order valence-corrected chi connectivity index (χ0v) is 8.02. The van der Waals surface area contributed by atoms with E-state index < -0.39 is 12.1 Å². The summed E-state index contributed by atoms with van der Waals surface area (Å²) in [6, 6.07) is 1.66. The Kier molecular flexibility index (Phi) is 3.03. The molecule has 14 heavy (non-hydrogen) atoms. The number of carbonyl (C=O) groups excluding carboxylic acids is 1. The standard InChI is InChI=1S/C9H12N2O3/c1-5-3-4-11-8(10)6(5)7(12)9(13)14-2/h3-4,7,12H,1-2H3,(H2,10,11). The molecule has 1 rings (SSSR count). The molecule has 1 aromatic rings. The molecule has 76 valence electrons. The number of rotatable bonds is 2. The number of nitrogen functional groups attached to an aromatic ring is 1. The number of methoxy groups -OCH3 is 1. The minimum atomic E-state index is -1.37. The van der Waals surface area contributed by atoms with E-state index in [1.54, 1.807) is 13.0 Å². The van der Waals surface area contributed by atoms with Crippen molar-refractivity contribution < 1.29 is 14.6 Å². The summed E-state index contributed by atoms with van der Waals surface area (Å²) >= 11 is 0. The van der Waals surface area contributed by atoms with Crippen molar-refractivity contribution in [1.82, 2.24) is 4.98 Å². The number of ether oxygens (including phenoxy) is 1. The first-order valence-corrected chi connectivity index (χ1v) is 4.04. The highest BCUT2D eigenvalue weighted by Crippen LogP contribution is 2.22. The van der Waals surface area contributed by atoms with Gasteiger partial charge in [-0.05, 0) is 18.6 Å². The zero-order valence-electron chi connectivity index (χ0n) is 8.02. The summed E-state index contributed by atoms with van der Waals surface area (Å²) in [5.74, 6) is -0.601. The van der Waals surface area contributed by atoms with Gasteiger partial charge in [0.2, 0.25) is 0 Å². The van der Waals surface area contributed by atoms with Crippen LogP contribution in [0.25, 0.3) is 0 Å². The highest BCUT2D eigenvalue weighted by molar-refractivity contribution is 5.78. The van der Waals surface area contributed by atoms with Crippen LogP contribution in [0.15, 0.2) is 12.3 Å². The Balaban J connectivity index is 3.11. The Bertz CT molecular complexity index is 332. The Morgan fingerprint density at radius 1 is 1.71 bits per heavy atom. The van der Waals surface area contributed by atoms with Gasteiger partial charge in [0.05, 0.1) is 7.11 Å². The maximum atomic E-state index is 11.1. The van der Waals surface area contributed by atoms with Crippen molar-refractivity contribution in [2.75, 3.05) is 12.8 Å². The van der Waals surface area contributed by atoms with E-state index in [4.69, 9.17) is 5.73 Å². The van der Waals surface area contributed by atoms with Crippen LogP contribution in [-0.2, 0) is 9.53 Å². The lowest BCUT2D eigenvalue weighted by Crippen LogP contribution is -2.16. The fourth-order valence-electron chi connectivity index (χ4n) is 1.18. The molecule has 3 N–H and O–H groups in total. The average Bonchev–Trinajstić information content (AvgIpc) is 2.16. The largest absolute Gasteiger partial charge is 0.467 e. The average molecular weight is 196 g/mol. The number of aliphatic hydroxyl groups is 1. The van der Waals surface area contributed by atoms with Crippen molar-refractivity contribution in [3.05, 3.63) is 23.4 Å². The van der Waals surface area contributed by atoms with Crippen LogP contribution in [0.2, 0.25) is 0 Å². The zero-order chi connectivity index (χ0) is 10.7. The van der Waals surface area contributed by atoms with E-state index >= 15 is 0 Å². The van der Waals surface area contributed by atoms with Crippen LogP contribution >= 0.6 is 0 Å². The van der Waals surface area contributed by atoms with Crippen LogP contribution in [0.3, 0.4) is 0 Å². The van der Waals surface area contributed by atoms with Crippen LogP contribution < -0.4 is 5.73 Å². The van der Waals surface area contributed by atoms with Crippen LogP contribution in [0.5, 0.6) is 0 Å². The second-order valence-corrected chi connectivity index (χ2v) is 2.85. The van der Waals surface area contributed by atoms with Gasteiger partial charge in [-0.1, -0.05) is 0 Å². The fraction of sp³-hybridized carbons (Fsp3) is 0.333. The molecule has 5 heteroatoms. The topological polar surface area (TPSA) is 85.4 Å². The van der Waals surface area contributed by atoms with Gasteiger partial charge in [0.1, 0.15) is 5.82 Å². The maximum absolute atomic E-state index is 11.1. The molecule has 1 aromatic heterocycles. The van der Waals surface area contributed by atoms with E-state index in [1.165, 1.54) is 13.3 Å². The van der Waals surface area contributed by atoms with E-state index in [0.717, 1.165) is 0 Å². The third-order valence-electron chi connectivity index (χ3n) is 1.94. The number of nitrogens with two attached hydrogens (primary N) is 1. The van der Waals surface area contributed by atoms with E-state index in [1.807, 2.05) is 0 Å². The molecule has 1 unspecified atom stereocenters. The van der Waals surface area contributed by atoms with Gasteiger partial charge in [0.15, 0.2) is 6.10 Å². The third-order valence-corrected chi connectivity index (χ3v) is 1.94. The van der Waals surface area contributed by atoms with E-state index in [9.17, 15) is 9.90 Å². The normalized spacial score (nSPS) is 12.2. The molecular formula is C9H12N2O3. The number of esters is 1. The van der Waals surface area contributed by atoms with Gasteiger partial charge in [-0.2, -0.15) is 0 Å². The summed E-state index contributed by atoms with van der Waals surface area (Å²) in [5.41, 5.74) is 6.54. The summed E-state index contributed by atoms with van der Waals surface area (Å²) in [6.45, 7) is 1.74. The number of anilines is 1. The van der Waals surface area contributed by atoms with Crippen molar-refractivity contribution in [3.63, 3.8) is 0 Å². The summed E-state index contributed by atoms with van der Waals surface area (Å²) < 4.78 is 4.40. The van der Waals surface area contributed by atoms with Crippen molar-refractivity contribution in [2.24, 2.45) is 0 Å². The molecule has 1 atom stereocenters. The second-order valence-electron chi connectivity index (χ2n) is 2.85. The van der Waals surface area contributed by atoms with Crippen molar-refractivity contribution in [1.29, 1.82) is 0 Å². The molecule has 0 aromatic carbocycles. The number of pyridine rings is 1. The number of nitrogens with zero attached hydrogens (tertiary/aromatic N) is 1. The SMILES string of the molecule is COC(=O)C(O)c1c(C)ccnc1N. The summed E-state index contributed by atoms with van der Waals surface area (Å²) in [6.07, 6.45) is 0.145. The lowest BCUT2D eigenvalue weighted by atomic mass is 10.1. The molecule has 0 fully saturated rings. The van der Waals surface area contributed by atoms with Gasteiger partial charge in [-0.25, -0.2) is 9.78 Å². The lowest BCUT2D eigenvalue weighted by molar-refractivity contribution is -0.150. The first-order chi connectivity index (χ1) is 6.57. The summed E-state index contributed by atoms with van der Waals surface area (Å²) in [7, 11) is 1.20. The third kappa shape index (κ3) is 1.82. The Hall–Kier alpha value is -1.62. The molecule has 1 heterocycles. The van der Waals surface area contributed by atoms with Crippen LogP contribution in [-0.4, -0.2) is 23.2 Å². The smallest absolute Gasteiger partial charge is 0.339 e. The van der Waals surface area contributed by atoms with Crippen LogP contribution in [0.1, 0.15) is 17.2 Å². The molecule has 0 saturated heterocycles. The first-order valence-electron chi connectivity index (χ1n) is 4.04. The highest BCUT2D eigenvalue weighted by atomic mass is 16.5. The van der Waals surface area contributed by atoms with E-state index in [0.29, 0.717) is 11.1 Å². The Morgan fingerprint density at radius 3 is 2.86 bits per heavy atom. The molecule has 0 saturated carbocycles. The second kappa shape index (κ2) is 4.06. The van der Waals surface area contributed by atoms with E-state index in [2.05, 4.69) is 9.72 Å². The van der Waals surface area contributed by atoms with Gasteiger partial charge in [0, 0.05) is 11.8 Å². The van der Waals surface area contributed by atoms with E-state index in [-0.39, 0.29) is 5.82 Å². The highest BCUT2D eigenvalue weighted by Gasteiger charge is 2.22. The number of hydrogen-bond donors (Lipinski definition) is 2. The number of aliphatic hydroxyl groups excluding tert-OH is 1. The number of hydrogen-bond acceptors (Lipinski definition) is 5. The summed E-state index contributed by atoms with van der Waals surface area (Å²) in [4.78, 5) is 14.8. The minimum Gasteiger partial charge on any atom is -0.467 e. The van der Waals surface area contributed by atoms with Crippen LogP contribution in [0, 0.1) is 6.92 Å². The predicted molar refractivity (Wildman–Crippen MR) is 50.4 cm³/mol. The van der Waals surface area contributed by atoms with Crippen LogP contribution in [0.4, 0.5) is 5.82 Å². The van der Waals surface area contributed by atoms with Crippen molar-refractivity contribution >= 4 is 11.8 Å². The lowest BCUT2D eigenvalue weighted by Gasteiger charge is -2.12. The quantitative estimate of drug-likeness (QED) is 0.659.